The molecular weight excluding hydrogens is 331 g/mol. The number of hydrogen-bond donors (Lipinski definition) is 1. The van der Waals surface area contributed by atoms with Crippen molar-refractivity contribution in [3.63, 3.8) is 0 Å². The van der Waals surface area contributed by atoms with Crippen LogP contribution in [0.4, 0.5) is 9.18 Å². The first-order valence-electron chi connectivity index (χ1n) is 7.60. The topological polar surface area (TPSA) is 87.2 Å². The summed E-state index contributed by atoms with van der Waals surface area (Å²) in [7, 11) is 1.47. The van der Waals surface area contributed by atoms with Crippen molar-refractivity contribution in [2.45, 2.75) is 12.1 Å². The Hall–Kier alpha value is -2.90. The number of alkyl halides is 1. The second kappa shape index (κ2) is 7.33. The summed E-state index contributed by atoms with van der Waals surface area (Å²) >= 11 is 0. The first-order valence-corrected chi connectivity index (χ1v) is 7.60. The fraction of sp³-hybridized carbons (Fsp3) is 0.353. The second-order valence-corrected chi connectivity index (χ2v) is 5.65. The van der Waals surface area contributed by atoms with Gasteiger partial charge in [0.2, 0.25) is 5.67 Å². The standard InChI is InChI=1S/C17H19FN2O5/c1-3-8-17(18)11-19(16(23)24)9-10-20(15(17)22)14(21)12-4-6-13(25-2)7-5-12/h3-7H,1,8-11H2,2H3,(H,23,24). The number of methoxy groups -OCH3 is 1. The Balaban J connectivity index is 2.34. The van der Waals surface area contributed by atoms with Crippen LogP contribution in [-0.4, -0.2) is 65.2 Å². The minimum absolute atomic E-state index is 0.161. The number of carbonyl (C=O) groups excluding carboxylic acids is 2. The van der Waals surface area contributed by atoms with Gasteiger partial charge in [0.1, 0.15) is 5.75 Å². The van der Waals surface area contributed by atoms with Gasteiger partial charge in [0.25, 0.3) is 11.8 Å². The molecule has 1 heterocycles. The maximum atomic E-state index is 15.1. The van der Waals surface area contributed by atoms with Gasteiger partial charge in [-0.2, -0.15) is 0 Å². The molecule has 1 saturated heterocycles. The van der Waals surface area contributed by atoms with Gasteiger partial charge in [0, 0.05) is 25.1 Å². The summed E-state index contributed by atoms with van der Waals surface area (Å²) < 4.78 is 20.1. The number of imide groups is 1. The Labute approximate surface area is 144 Å². The van der Waals surface area contributed by atoms with Gasteiger partial charge in [-0.05, 0) is 24.3 Å². The van der Waals surface area contributed by atoms with Crippen molar-refractivity contribution in [3.8, 4) is 5.75 Å². The van der Waals surface area contributed by atoms with Crippen LogP contribution in [0, 0.1) is 0 Å². The molecule has 0 aromatic heterocycles. The molecule has 8 heteroatoms. The number of carbonyl (C=O) groups is 3. The molecule has 1 atom stereocenters. The van der Waals surface area contributed by atoms with Crippen LogP contribution in [0.25, 0.3) is 0 Å². The fourth-order valence-corrected chi connectivity index (χ4v) is 2.64. The van der Waals surface area contributed by atoms with Gasteiger partial charge in [-0.25, -0.2) is 9.18 Å². The van der Waals surface area contributed by atoms with E-state index in [9.17, 15) is 14.4 Å². The van der Waals surface area contributed by atoms with E-state index >= 15 is 4.39 Å². The van der Waals surface area contributed by atoms with Crippen molar-refractivity contribution in [3.05, 3.63) is 42.5 Å². The van der Waals surface area contributed by atoms with E-state index in [0.29, 0.717) is 5.75 Å². The van der Waals surface area contributed by atoms with Crippen molar-refractivity contribution in [2.24, 2.45) is 0 Å². The highest BCUT2D eigenvalue weighted by molar-refractivity contribution is 6.07. The fourth-order valence-electron chi connectivity index (χ4n) is 2.64. The van der Waals surface area contributed by atoms with Crippen LogP contribution >= 0.6 is 0 Å². The van der Waals surface area contributed by atoms with Crippen LogP contribution in [-0.2, 0) is 4.79 Å². The summed E-state index contributed by atoms with van der Waals surface area (Å²) in [6.45, 7) is 2.38. The minimum Gasteiger partial charge on any atom is -0.497 e. The van der Waals surface area contributed by atoms with E-state index in [1.165, 1.54) is 25.3 Å². The van der Waals surface area contributed by atoms with Crippen LogP contribution in [0.15, 0.2) is 36.9 Å². The van der Waals surface area contributed by atoms with Gasteiger partial charge >= 0.3 is 6.09 Å². The maximum absolute atomic E-state index is 15.1. The van der Waals surface area contributed by atoms with Crippen molar-refractivity contribution in [1.82, 2.24) is 9.80 Å². The Bertz CT molecular complexity index is 691. The van der Waals surface area contributed by atoms with Gasteiger partial charge in [-0.15, -0.1) is 6.58 Å². The molecule has 0 spiro atoms. The number of rotatable bonds is 4. The molecule has 0 bridgehead atoms. The largest absolute Gasteiger partial charge is 0.497 e. The van der Waals surface area contributed by atoms with Gasteiger partial charge in [0.15, 0.2) is 0 Å². The number of allylic oxidation sites excluding steroid dienone is 1. The summed E-state index contributed by atoms with van der Waals surface area (Å²) in [5, 5.41) is 9.15. The van der Waals surface area contributed by atoms with Crippen LogP contribution in [0.3, 0.4) is 0 Å². The summed E-state index contributed by atoms with van der Waals surface area (Å²) in [4.78, 5) is 38.0. The highest BCUT2D eigenvalue weighted by Crippen LogP contribution is 2.26. The third kappa shape index (κ3) is 3.78. The molecule has 1 fully saturated rings. The normalized spacial score (nSPS) is 20.8. The summed E-state index contributed by atoms with van der Waals surface area (Å²) in [5.41, 5.74) is -2.35. The number of ether oxygens (including phenoxy) is 1. The van der Waals surface area contributed by atoms with Crippen LogP contribution in [0.2, 0.25) is 0 Å². The van der Waals surface area contributed by atoms with Crippen molar-refractivity contribution < 1.29 is 28.6 Å². The predicted octanol–water partition coefficient (Wildman–Crippen LogP) is 1.94. The van der Waals surface area contributed by atoms with Crippen molar-refractivity contribution in [1.29, 1.82) is 0 Å². The lowest BCUT2D eigenvalue weighted by Crippen LogP contribution is -2.50. The monoisotopic (exact) mass is 350 g/mol. The number of benzene rings is 1. The van der Waals surface area contributed by atoms with E-state index in [1.54, 1.807) is 12.1 Å². The molecule has 3 amide bonds. The number of hydrogen-bond acceptors (Lipinski definition) is 4. The highest BCUT2D eigenvalue weighted by atomic mass is 19.1. The maximum Gasteiger partial charge on any atom is 0.407 e. The molecule has 1 aliphatic heterocycles. The third-order valence-electron chi connectivity index (χ3n) is 3.98. The van der Waals surface area contributed by atoms with Gasteiger partial charge in [-0.3, -0.25) is 14.5 Å². The first-order chi connectivity index (χ1) is 11.8. The van der Waals surface area contributed by atoms with E-state index in [4.69, 9.17) is 9.84 Å². The zero-order valence-corrected chi connectivity index (χ0v) is 13.8. The van der Waals surface area contributed by atoms with E-state index in [0.717, 1.165) is 9.80 Å². The molecule has 0 aliphatic carbocycles. The molecule has 1 aromatic carbocycles. The van der Waals surface area contributed by atoms with E-state index in [-0.39, 0.29) is 25.1 Å². The molecule has 2 rings (SSSR count). The molecular formula is C17H19FN2O5. The Morgan fingerprint density at radius 2 is 2.00 bits per heavy atom. The molecule has 1 N–H and O–H groups in total. The zero-order chi connectivity index (χ0) is 18.6. The first kappa shape index (κ1) is 18.4. The van der Waals surface area contributed by atoms with Crippen LogP contribution < -0.4 is 4.74 Å². The lowest BCUT2D eigenvalue weighted by molar-refractivity contribution is -0.140. The highest BCUT2D eigenvalue weighted by Gasteiger charge is 2.47. The Kier molecular flexibility index (Phi) is 5.41. The summed E-state index contributed by atoms with van der Waals surface area (Å²) in [5.74, 6) is -1.22. The Morgan fingerprint density at radius 3 is 2.52 bits per heavy atom. The van der Waals surface area contributed by atoms with Gasteiger partial charge in [-0.1, -0.05) is 6.08 Å². The molecule has 1 aliphatic rings. The third-order valence-corrected chi connectivity index (χ3v) is 3.98. The van der Waals surface area contributed by atoms with E-state index in [1.807, 2.05) is 0 Å². The quantitative estimate of drug-likeness (QED) is 0.662. The van der Waals surface area contributed by atoms with E-state index in [2.05, 4.69) is 6.58 Å². The molecule has 0 saturated carbocycles. The van der Waals surface area contributed by atoms with Crippen LogP contribution in [0.1, 0.15) is 16.8 Å². The smallest absolute Gasteiger partial charge is 0.407 e. The minimum atomic E-state index is -2.53. The predicted molar refractivity (Wildman–Crippen MR) is 87.3 cm³/mol. The van der Waals surface area contributed by atoms with Crippen molar-refractivity contribution in [2.75, 3.05) is 26.7 Å². The van der Waals surface area contributed by atoms with Gasteiger partial charge in [0.05, 0.1) is 13.7 Å². The second-order valence-electron chi connectivity index (χ2n) is 5.65. The van der Waals surface area contributed by atoms with Gasteiger partial charge < -0.3 is 14.7 Å². The Morgan fingerprint density at radius 1 is 1.36 bits per heavy atom. The zero-order valence-electron chi connectivity index (χ0n) is 13.8. The molecule has 1 aromatic rings. The average Bonchev–Trinajstić information content (AvgIpc) is 2.72. The molecule has 25 heavy (non-hydrogen) atoms. The lowest BCUT2D eigenvalue weighted by atomic mass is 9.99. The summed E-state index contributed by atoms with van der Waals surface area (Å²) in [6.07, 6.45) is -0.543. The van der Waals surface area contributed by atoms with Crippen molar-refractivity contribution >= 4 is 17.9 Å². The number of nitrogens with zero attached hydrogens (tertiary/aromatic N) is 2. The summed E-state index contributed by atoms with van der Waals surface area (Å²) in [6, 6.07) is 6.01. The lowest BCUT2D eigenvalue weighted by Gasteiger charge is -2.27. The van der Waals surface area contributed by atoms with Crippen LogP contribution in [0.5, 0.6) is 5.75 Å². The molecule has 1 unspecified atom stereocenters. The van der Waals surface area contributed by atoms with E-state index < -0.39 is 30.1 Å². The number of carboxylic acid groups (broad SMARTS) is 1. The SMILES string of the molecule is C=CCC1(F)CN(C(=O)O)CCN(C(=O)c2ccc(OC)cc2)C1=O. The molecule has 134 valence electrons. The molecule has 7 nitrogen and oxygen atoms in total. The number of halogens is 1. The average molecular weight is 350 g/mol. The molecule has 0 radical (unpaired) electrons. The number of amides is 3.